The highest BCUT2D eigenvalue weighted by molar-refractivity contribution is 9.10. The largest absolute Gasteiger partial charge is 0.351 e. The number of anilines is 1. The fourth-order valence-electron chi connectivity index (χ4n) is 2.39. The summed E-state index contributed by atoms with van der Waals surface area (Å²) in [6, 6.07) is 0.518. The zero-order valence-corrected chi connectivity index (χ0v) is 11.4. The van der Waals surface area contributed by atoms with Crippen molar-refractivity contribution in [3.63, 3.8) is 0 Å². The summed E-state index contributed by atoms with van der Waals surface area (Å²) in [5.74, 6) is 0.742. The molecule has 0 radical (unpaired) electrons. The Morgan fingerprint density at radius 1 is 1.38 bits per heavy atom. The van der Waals surface area contributed by atoms with Gasteiger partial charge in [0.25, 0.3) is 0 Å². The Morgan fingerprint density at radius 2 is 2.06 bits per heavy atom. The fraction of sp³-hybridized carbons (Fsp3) is 0.667. The third-order valence-corrected chi connectivity index (χ3v) is 3.57. The molecule has 1 atom stereocenters. The molecule has 16 heavy (non-hydrogen) atoms. The van der Waals surface area contributed by atoms with Crippen LogP contribution in [0.2, 0.25) is 0 Å². The number of hydrogen-bond donors (Lipinski definition) is 1. The topological polar surface area (TPSA) is 37.8 Å². The zero-order chi connectivity index (χ0) is 11.6. The maximum absolute atomic E-state index is 4.25. The van der Waals surface area contributed by atoms with Gasteiger partial charge in [-0.1, -0.05) is 20.3 Å². The van der Waals surface area contributed by atoms with Crippen molar-refractivity contribution < 1.29 is 0 Å². The predicted octanol–water partition coefficient (Wildman–Crippen LogP) is 3.62. The van der Waals surface area contributed by atoms with Gasteiger partial charge < -0.3 is 5.32 Å². The van der Waals surface area contributed by atoms with Gasteiger partial charge in [0.05, 0.1) is 4.47 Å². The monoisotopic (exact) mass is 283 g/mol. The molecule has 0 saturated heterocycles. The Balaban J connectivity index is 1.97. The summed E-state index contributed by atoms with van der Waals surface area (Å²) in [4.78, 5) is 8.50. The van der Waals surface area contributed by atoms with Crippen LogP contribution in [0.4, 0.5) is 5.95 Å². The number of rotatable bonds is 2. The van der Waals surface area contributed by atoms with Crippen LogP contribution < -0.4 is 5.32 Å². The number of hydrogen-bond acceptors (Lipinski definition) is 3. The van der Waals surface area contributed by atoms with Crippen molar-refractivity contribution in [3.05, 3.63) is 16.9 Å². The molecule has 0 amide bonds. The SMILES string of the molecule is CC1(C)CCCC(Nc2ncc(Br)cn2)C1. The number of nitrogens with one attached hydrogen (secondary N) is 1. The molecule has 0 aromatic carbocycles. The minimum absolute atomic E-state index is 0.450. The van der Waals surface area contributed by atoms with Gasteiger partial charge in [0, 0.05) is 18.4 Å². The molecular weight excluding hydrogens is 266 g/mol. The summed E-state index contributed by atoms with van der Waals surface area (Å²) in [5, 5.41) is 3.42. The first-order chi connectivity index (χ1) is 7.55. The minimum Gasteiger partial charge on any atom is -0.351 e. The Kier molecular flexibility index (Phi) is 3.47. The van der Waals surface area contributed by atoms with E-state index in [1.807, 2.05) is 0 Å². The molecule has 0 aliphatic heterocycles. The first kappa shape index (κ1) is 11.8. The highest BCUT2D eigenvalue weighted by Crippen LogP contribution is 2.35. The van der Waals surface area contributed by atoms with E-state index >= 15 is 0 Å². The molecule has 1 unspecified atom stereocenters. The second-order valence-corrected chi connectivity index (χ2v) is 6.24. The van der Waals surface area contributed by atoms with Gasteiger partial charge >= 0.3 is 0 Å². The molecule has 1 aromatic heterocycles. The van der Waals surface area contributed by atoms with Gasteiger partial charge in [-0.2, -0.15) is 0 Å². The summed E-state index contributed by atoms with van der Waals surface area (Å²) in [6.07, 6.45) is 8.61. The Hall–Kier alpha value is -0.640. The molecule has 0 spiro atoms. The third kappa shape index (κ3) is 3.17. The van der Waals surface area contributed by atoms with Gasteiger partial charge in [0.2, 0.25) is 5.95 Å². The Morgan fingerprint density at radius 3 is 2.69 bits per heavy atom. The smallest absolute Gasteiger partial charge is 0.222 e. The van der Waals surface area contributed by atoms with Crippen molar-refractivity contribution in [2.45, 2.75) is 45.6 Å². The van der Waals surface area contributed by atoms with Gasteiger partial charge in [-0.05, 0) is 40.6 Å². The van der Waals surface area contributed by atoms with E-state index in [0.717, 1.165) is 10.4 Å². The van der Waals surface area contributed by atoms with Gasteiger partial charge in [-0.3, -0.25) is 0 Å². The molecule has 1 N–H and O–H groups in total. The molecule has 1 fully saturated rings. The van der Waals surface area contributed by atoms with E-state index in [4.69, 9.17) is 0 Å². The van der Waals surface area contributed by atoms with Gasteiger partial charge in [-0.15, -0.1) is 0 Å². The Bertz CT molecular complexity index is 348. The second-order valence-electron chi connectivity index (χ2n) is 5.33. The van der Waals surface area contributed by atoms with Crippen LogP contribution in [0.15, 0.2) is 16.9 Å². The van der Waals surface area contributed by atoms with E-state index in [0.29, 0.717) is 11.5 Å². The molecule has 4 heteroatoms. The van der Waals surface area contributed by atoms with Gasteiger partial charge in [0.15, 0.2) is 0 Å². The van der Waals surface area contributed by atoms with Crippen molar-refractivity contribution in [3.8, 4) is 0 Å². The number of nitrogens with zero attached hydrogens (tertiary/aromatic N) is 2. The van der Waals surface area contributed by atoms with Gasteiger partial charge in [-0.25, -0.2) is 9.97 Å². The normalized spacial score (nSPS) is 24.1. The molecule has 1 aromatic rings. The van der Waals surface area contributed by atoms with Crippen molar-refractivity contribution in [1.29, 1.82) is 0 Å². The van der Waals surface area contributed by atoms with Crippen molar-refractivity contribution in [2.75, 3.05) is 5.32 Å². The minimum atomic E-state index is 0.450. The van der Waals surface area contributed by atoms with E-state index in [9.17, 15) is 0 Å². The summed E-state index contributed by atoms with van der Waals surface area (Å²) in [5.41, 5.74) is 0.450. The zero-order valence-electron chi connectivity index (χ0n) is 9.83. The van der Waals surface area contributed by atoms with Crippen molar-refractivity contribution >= 4 is 21.9 Å². The number of aromatic nitrogens is 2. The van der Waals surface area contributed by atoms with Gasteiger partial charge in [0.1, 0.15) is 0 Å². The van der Waals surface area contributed by atoms with Crippen molar-refractivity contribution in [2.24, 2.45) is 5.41 Å². The lowest BCUT2D eigenvalue weighted by Gasteiger charge is -2.35. The predicted molar refractivity (Wildman–Crippen MR) is 69.4 cm³/mol. The summed E-state index contributed by atoms with van der Waals surface area (Å²) in [6.45, 7) is 4.67. The van der Waals surface area contributed by atoms with Crippen LogP contribution in [0.25, 0.3) is 0 Å². The number of halogens is 1. The molecular formula is C12H18BrN3. The first-order valence-electron chi connectivity index (χ1n) is 5.79. The third-order valence-electron chi connectivity index (χ3n) is 3.16. The quantitative estimate of drug-likeness (QED) is 0.901. The van der Waals surface area contributed by atoms with Crippen LogP contribution in [0.5, 0.6) is 0 Å². The van der Waals surface area contributed by atoms with Crippen LogP contribution in [-0.2, 0) is 0 Å². The lowest BCUT2D eigenvalue weighted by molar-refractivity contribution is 0.229. The van der Waals surface area contributed by atoms with Crippen molar-refractivity contribution in [1.82, 2.24) is 9.97 Å². The summed E-state index contributed by atoms with van der Waals surface area (Å²) in [7, 11) is 0. The standard InChI is InChI=1S/C12H18BrN3/c1-12(2)5-3-4-10(6-12)16-11-14-7-9(13)8-15-11/h7-8,10H,3-6H2,1-2H3,(H,14,15,16). The Labute approximate surface area is 105 Å². The van der Waals surface area contributed by atoms with E-state index < -0.39 is 0 Å². The van der Waals surface area contributed by atoms with Crippen LogP contribution in [0.3, 0.4) is 0 Å². The molecule has 0 bridgehead atoms. The molecule has 2 rings (SSSR count). The van der Waals surface area contributed by atoms with Crippen LogP contribution in [0, 0.1) is 5.41 Å². The average Bonchev–Trinajstić information content (AvgIpc) is 2.20. The average molecular weight is 284 g/mol. The summed E-state index contributed by atoms with van der Waals surface area (Å²) >= 11 is 3.34. The highest BCUT2D eigenvalue weighted by atomic mass is 79.9. The maximum Gasteiger partial charge on any atom is 0.222 e. The van der Waals surface area contributed by atoms with E-state index in [1.165, 1.54) is 25.7 Å². The van der Waals surface area contributed by atoms with Crippen LogP contribution in [-0.4, -0.2) is 16.0 Å². The van der Waals surface area contributed by atoms with E-state index in [1.54, 1.807) is 12.4 Å². The molecule has 1 heterocycles. The molecule has 1 aliphatic rings. The molecule has 88 valence electrons. The molecule has 3 nitrogen and oxygen atoms in total. The lowest BCUT2D eigenvalue weighted by atomic mass is 9.75. The summed E-state index contributed by atoms with van der Waals surface area (Å²) < 4.78 is 0.919. The fourth-order valence-corrected chi connectivity index (χ4v) is 2.60. The van der Waals surface area contributed by atoms with E-state index in [-0.39, 0.29) is 0 Å². The lowest BCUT2D eigenvalue weighted by Crippen LogP contribution is -2.32. The van der Waals surface area contributed by atoms with Crippen LogP contribution >= 0.6 is 15.9 Å². The molecule has 1 saturated carbocycles. The second kappa shape index (κ2) is 4.70. The van der Waals surface area contributed by atoms with Crippen LogP contribution in [0.1, 0.15) is 39.5 Å². The van der Waals surface area contributed by atoms with E-state index in [2.05, 4.69) is 45.1 Å². The molecule has 1 aliphatic carbocycles. The highest BCUT2D eigenvalue weighted by Gasteiger charge is 2.28. The first-order valence-corrected chi connectivity index (χ1v) is 6.59. The maximum atomic E-state index is 4.25.